The molecule has 0 saturated heterocycles. The standard InChI is InChI=1S/C18H14ClNO2/c19-14-7-4-8-15(12-14)20-18(21)17-10-9-16(22-17)11-13-5-2-1-3-6-13/h1-10,12H,11H2,(H,20,21). The molecular weight excluding hydrogens is 298 g/mol. The first kappa shape index (κ1) is 14.4. The van der Waals surface area contributed by atoms with Crippen LogP contribution in [0.3, 0.4) is 0 Å². The molecular formula is C18H14ClNO2. The number of carbonyl (C=O) groups is 1. The molecule has 0 aliphatic carbocycles. The summed E-state index contributed by atoms with van der Waals surface area (Å²) in [6, 6.07) is 20.5. The Hall–Kier alpha value is -2.52. The summed E-state index contributed by atoms with van der Waals surface area (Å²) < 4.78 is 5.61. The van der Waals surface area contributed by atoms with Crippen molar-refractivity contribution in [2.24, 2.45) is 0 Å². The van der Waals surface area contributed by atoms with Crippen molar-refractivity contribution in [2.45, 2.75) is 6.42 Å². The molecule has 0 unspecified atom stereocenters. The zero-order valence-electron chi connectivity index (χ0n) is 11.8. The Balaban J connectivity index is 1.69. The summed E-state index contributed by atoms with van der Waals surface area (Å²) in [4.78, 5) is 12.1. The monoisotopic (exact) mass is 311 g/mol. The lowest BCUT2D eigenvalue weighted by atomic mass is 10.1. The summed E-state index contributed by atoms with van der Waals surface area (Å²) in [6.45, 7) is 0. The van der Waals surface area contributed by atoms with Gasteiger partial charge in [-0.3, -0.25) is 4.79 Å². The predicted octanol–water partition coefficient (Wildman–Crippen LogP) is 4.78. The number of benzene rings is 2. The molecule has 3 rings (SSSR count). The van der Waals surface area contributed by atoms with Crippen molar-refractivity contribution in [3.8, 4) is 0 Å². The summed E-state index contributed by atoms with van der Waals surface area (Å²) in [5, 5.41) is 3.33. The Morgan fingerprint density at radius 3 is 2.59 bits per heavy atom. The lowest BCUT2D eigenvalue weighted by molar-refractivity contribution is 0.0995. The van der Waals surface area contributed by atoms with Crippen molar-refractivity contribution in [3.05, 3.63) is 88.8 Å². The molecule has 3 nitrogen and oxygen atoms in total. The SMILES string of the molecule is O=C(Nc1cccc(Cl)c1)c1ccc(Cc2ccccc2)o1. The molecule has 1 N–H and O–H groups in total. The normalized spacial score (nSPS) is 10.4. The first-order valence-corrected chi connectivity index (χ1v) is 7.28. The zero-order chi connectivity index (χ0) is 15.4. The number of hydrogen-bond donors (Lipinski definition) is 1. The summed E-state index contributed by atoms with van der Waals surface area (Å²) in [5.74, 6) is 0.745. The molecule has 0 atom stereocenters. The number of rotatable bonds is 4. The Morgan fingerprint density at radius 2 is 1.82 bits per heavy atom. The van der Waals surface area contributed by atoms with Gasteiger partial charge in [-0.25, -0.2) is 0 Å². The van der Waals surface area contributed by atoms with Crippen LogP contribution in [0, 0.1) is 0 Å². The van der Waals surface area contributed by atoms with Crippen molar-refractivity contribution in [3.63, 3.8) is 0 Å². The van der Waals surface area contributed by atoms with E-state index >= 15 is 0 Å². The van der Waals surface area contributed by atoms with Crippen LogP contribution in [0.5, 0.6) is 0 Å². The number of amides is 1. The minimum Gasteiger partial charge on any atom is -0.456 e. The average molecular weight is 312 g/mol. The molecule has 1 heterocycles. The predicted molar refractivity (Wildman–Crippen MR) is 87.4 cm³/mol. The van der Waals surface area contributed by atoms with Gasteiger partial charge in [-0.2, -0.15) is 0 Å². The smallest absolute Gasteiger partial charge is 0.291 e. The minimum absolute atomic E-state index is 0.283. The van der Waals surface area contributed by atoms with Gasteiger partial charge in [0.15, 0.2) is 5.76 Å². The van der Waals surface area contributed by atoms with Gasteiger partial charge in [-0.15, -0.1) is 0 Å². The van der Waals surface area contributed by atoms with Crippen LogP contribution in [-0.4, -0.2) is 5.91 Å². The van der Waals surface area contributed by atoms with E-state index in [1.54, 1.807) is 30.3 Å². The van der Waals surface area contributed by atoms with Crippen molar-refractivity contribution in [1.29, 1.82) is 0 Å². The van der Waals surface area contributed by atoms with Crippen LogP contribution < -0.4 is 5.32 Å². The van der Waals surface area contributed by atoms with E-state index in [1.165, 1.54) is 0 Å². The fourth-order valence-electron chi connectivity index (χ4n) is 2.15. The van der Waals surface area contributed by atoms with Crippen LogP contribution in [0.25, 0.3) is 0 Å². The van der Waals surface area contributed by atoms with Crippen LogP contribution in [0.2, 0.25) is 5.02 Å². The first-order valence-electron chi connectivity index (χ1n) is 6.90. The minimum atomic E-state index is -0.290. The maximum atomic E-state index is 12.1. The highest BCUT2D eigenvalue weighted by molar-refractivity contribution is 6.30. The highest BCUT2D eigenvalue weighted by Crippen LogP contribution is 2.18. The fraction of sp³-hybridized carbons (Fsp3) is 0.0556. The molecule has 0 aliphatic rings. The van der Waals surface area contributed by atoms with E-state index in [-0.39, 0.29) is 11.7 Å². The first-order chi connectivity index (χ1) is 10.7. The highest BCUT2D eigenvalue weighted by atomic mass is 35.5. The Labute approximate surface area is 133 Å². The molecule has 0 spiro atoms. The lowest BCUT2D eigenvalue weighted by Gasteiger charge is -2.03. The zero-order valence-corrected chi connectivity index (χ0v) is 12.5. The summed E-state index contributed by atoms with van der Waals surface area (Å²) in [6.07, 6.45) is 0.658. The van der Waals surface area contributed by atoms with Gasteiger partial charge in [0.2, 0.25) is 0 Å². The molecule has 3 aromatic rings. The van der Waals surface area contributed by atoms with Gasteiger partial charge in [0.25, 0.3) is 5.91 Å². The van der Waals surface area contributed by atoms with E-state index in [9.17, 15) is 4.79 Å². The van der Waals surface area contributed by atoms with E-state index in [0.29, 0.717) is 17.1 Å². The topological polar surface area (TPSA) is 42.2 Å². The molecule has 0 radical (unpaired) electrons. The number of halogens is 1. The second-order valence-corrected chi connectivity index (χ2v) is 5.33. The number of nitrogens with one attached hydrogen (secondary N) is 1. The third-order valence-electron chi connectivity index (χ3n) is 3.19. The molecule has 2 aromatic carbocycles. The van der Waals surface area contributed by atoms with Gasteiger partial charge in [-0.05, 0) is 35.9 Å². The number of carbonyl (C=O) groups excluding carboxylic acids is 1. The molecule has 1 amide bonds. The molecule has 0 fully saturated rings. The van der Waals surface area contributed by atoms with E-state index < -0.39 is 0 Å². The maximum absolute atomic E-state index is 12.1. The average Bonchev–Trinajstić information content (AvgIpc) is 2.97. The van der Waals surface area contributed by atoms with Gasteiger partial charge in [0, 0.05) is 17.1 Å². The highest BCUT2D eigenvalue weighted by Gasteiger charge is 2.12. The van der Waals surface area contributed by atoms with Gasteiger partial charge in [0.05, 0.1) is 0 Å². The summed E-state index contributed by atoms with van der Waals surface area (Å²) >= 11 is 5.89. The Kier molecular flexibility index (Phi) is 4.26. The van der Waals surface area contributed by atoms with Gasteiger partial charge in [0.1, 0.15) is 5.76 Å². The summed E-state index contributed by atoms with van der Waals surface area (Å²) in [7, 11) is 0. The van der Waals surface area contributed by atoms with Gasteiger partial charge in [-0.1, -0.05) is 48.0 Å². The number of furan rings is 1. The van der Waals surface area contributed by atoms with Gasteiger partial charge >= 0.3 is 0 Å². The molecule has 1 aromatic heterocycles. The molecule has 0 bridgehead atoms. The molecule has 22 heavy (non-hydrogen) atoms. The fourth-order valence-corrected chi connectivity index (χ4v) is 2.34. The third-order valence-corrected chi connectivity index (χ3v) is 3.42. The molecule has 0 aliphatic heterocycles. The van der Waals surface area contributed by atoms with Crippen molar-refractivity contribution < 1.29 is 9.21 Å². The van der Waals surface area contributed by atoms with Crippen LogP contribution >= 0.6 is 11.6 Å². The Morgan fingerprint density at radius 1 is 1.00 bits per heavy atom. The van der Waals surface area contributed by atoms with Crippen molar-refractivity contribution in [2.75, 3.05) is 5.32 Å². The molecule has 110 valence electrons. The van der Waals surface area contributed by atoms with E-state index in [0.717, 1.165) is 11.3 Å². The second kappa shape index (κ2) is 6.50. The van der Waals surface area contributed by atoms with Crippen LogP contribution in [0.1, 0.15) is 21.9 Å². The van der Waals surface area contributed by atoms with Crippen LogP contribution in [0.4, 0.5) is 5.69 Å². The largest absolute Gasteiger partial charge is 0.456 e. The Bertz CT molecular complexity index is 781. The van der Waals surface area contributed by atoms with Crippen LogP contribution in [-0.2, 0) is 6.42 Å². The quantitative estimate of drug-likeness (QED) is 0.753. The van der Waals surface area contributed by atoms with Crippen molar-refractivity contribution >= 4 is 23.2 Å². The van der Waals surface area contributed by atoms with Gasteiger partial charge < -0.3 is 9.73 Å². The lowest BCUT2D eigenvalue weighted by Crippen LogP contribution is -2.10. The summed E-state index contributed by atoms with van der Waals surface area (Å²) in [5.41, 5.74) is 1.78. The number of anilines is 1. The van der Waals surface area contributed by atoms with Crippen molar-refractivity contribution in [1.82, 2.24) is 0 Å². The molecule has 4 heteroatoms. The van der Waals surface area contributed by atoms with E-state index in [4.69, 9.17) is 16.0 Å². The maximum Gasteiger partial charge on any atom is 0.291 e. The molecule has 0 saturated carbocycles. The van der Waals surface area contributed by atoms with E-state index in [2.05, 4.69) is 5.32 Å². The third kappa shape index (κ3) is 3.57. The number of hydrogen-bond acceptors (Lipinski definition) is 2. The van der Waals surface area contributed by atoms with E-state index in [1.807, 2.05) is 36.4 Å². The van der Waals surface area contributed by atoms with Crippen LogP contribution in [0.15, 0.2) is 71.1 Å². The second-order valence-electron chi connectivity index (χ2n) is 4.89.